The molecule has 0 amide bonds. The number of benzene rings is 2. The number of aromatic nitrogens is 2. The summed E-state index contributed by atoms with van der Waals surface area (Å²) in [7, 11) is -7.68. The van der Waals surface area contributed by atoms with Gasteiger partial charge in [0.05, 0.1) is 4.90 Å². The molecule has 2 aromatic carbocycles. The van der Waals surface area contributed by atoms with Gasteiger partial charge in [-0.2, -0.15) is 0 Å². The van der Waals surface area contributed by atoms with Gasteiger partial charge in [-0.05, 0) is 47.9 Å². The number of anilines is 2. The molecule has 148 valence electrons. The van der Waals surface area contributed by atoms with Crippen LogP contribution in [0.4, 0.5) is 11.6 Å². The lowest BCUT2D eigenvalue weighted by atomic mass is 10.3. The molecule has 0 aliphatic carbocycles. The summed E-state index contributed by atoms with van der Waals surface area (Å²) in [6.07, 6.45) is 2.83. The van der Waals surface area contributed by atoms with Crippen LogP contribution in [-0.2, 0) is 20.0 Å². The third-order valence-electron chi connectivity index (χ3n) is 3.88. The van der Waals surface area contributed by atoms with Crippen molar-refractivity contribution >= 4 is 53.1 Å². The maximum atomic E-state index is 12.6. The van der Waals surface area contributed by atoms with Crippen molar-refractivity contribution in [3.05, 3.63) is 73.1 Å². The number of fused-ring (bicyclic) bond motifs is 1. The lowest BCUT2D eigenvalue weighted by molar-refractivity contribution is 0.600. The standard InChI is InChI=1S/C18H14N4O4S3/c23-28(24,22-18-19-10-3-11-20-18)15-8-6-14(7-9-15)21-29(25,26)17-12-13-4-1-2-5-16(13)27-17/h1-12,21H,(H,19,20,22). The van der Waals surface area contributed by atoms with Crippen molar-refractivity contribution < 1.29 is 16.8 Å². The Bertz CT molecular complexity index is 1330. The lowest BCUT2D eigenvalue weighted by Gasteiger charge is -2.09. The molecule has 0 unspecified atom stereocenters. The van der Waals surface area contributed by atoms with Crippen LogP contribution in [0.2, 0.25) is 0 Å². The maximum Gasteiger partial charge on any atom is 0.271 e. The number of nitrogens with one attached hydrogen (secondary N) is 2. The maximum absolute atomic E-state index is 12.6. The van der Waals surface area contributed by atoms with Crippen LogP contribution in [0.25, 0.3) is 10.1 Å². The van der Waals surface area contributed by atoms with Crippen molar-refractivity contribution in [1.82, 2.24) is 9.97 Å². The molecule has 0 atom stereocenters. The van der Waals surface area contributed by atoms with E-state index in [0.29, 0.717) is 0 Å². The third-order valence-corrected chi connectivity index (χ3v) is 8.19. The first-order valence-corrected chi connectivity index (χ1v) is 12.0. The smallest absolute Gasteiger partial charge is 0.271 e. The van der Waals surface area contributed by atoms with Crippen molar-refractivity contribution in [3.8, 4) is 0 Å². The Morgan fingerprint density at radius 2 is 1.45 bits per heavy atom. The monoisotopic (exact) mass is 446 g/mol. The molecule has 0 spiro atoms. The van der Waals surface area contributed by atoms with E-state index < -0.39 is 20.0 Å². The minimum absolute atomic E-state index is 0.0465. The molecule has 4 rings (SSSR count). The van der Waals surface area contributed by atoms with Gasteiger partial charge in [0, 0.05) is 22.8 Å². The van der Waals surface area contributed by atoms with E-state index in [2.05, 4.69) is 19.4 Å². The van der Waals surface area contributed by atoms with Gasteiger partial charge in [-0.3, -0.25) is 4.72 Å². The van der Waals surface area contributed by atoms with E-state index in [0.717, 1.165) is 21.4 Å². The van der Waals surface area contributed by atoms with Gasteiger partial charge in [0.1, 0.15) is 4.21 Å². The number of nitrogens with zero attached hydrogens (tertiary/aromatic N) is 2. The highest BCUT2D eigenvalue weighted by molar-refractivity contribution is 7.94. The van der Waals surface area contributed by atoms with Crippen LogP contribution in [0, 0.1) is 0 Å². The zero-order valence-corrected chi connectivity index (χ0v) is 17.1. The first-order valence-electron chi connectivity index (χ1n) is 8.25. The summed E-state index contributed by atoms with van der Waals surface area (Å²) in [5, 5.41) is 0.841. The SMILES string of the molecule is O=S(=O)(Nc1ncccn1)c1ccc(NS(=O)(=O)c2cc3ccccc3s2)cc1. The zero-order valence-electron chi connectivity index (χ0n) is 14.7. The molecular formula is C18H14N4O4S3. The molecule has 2 aromatic heterocycles. The first-order chi connectivity index (χ1) is 13.8. The highest BCUT2D eigenvalue weighted by atomic mass is 32.2. The van der Waals surface area contributed by atoms with Crippen LogP contribution in [0.15, 0.2) is 82.2 Å². The van der Waals surface area contributed by atoms with Gasteiger partial charge in [-0.15, -0.1) is 11.3 Å². The minimum atomic E-state index is -3.89. The van der Waals surface area contributed by atoms with Crippen molar-refractivity contribution in [3.63, 3.8) is 0 Å². The first kappa shape index (κ1) is 19.3. The summed E-state index contributed by atoms with van der Waals surface area (Å²) >= 11 is 1.16. The number of hydrogen-bond acceptors (Lipinski definition) is 7. The molecule has 11 heteroatoms. The van der Waals surface area contributed by atoms with E-state index in [9.17, 15) is 16.8 Å². The fourth-order valence-corrected chi connectivity index (χ4v) is 5.94. The van der Waals surface area contributed by atoms with Crippen LogP contribution in [-0.4, -0.2) is 26.8 Å². The van der Waals surface area contributed by atoms with E-state index >= 15 is 0 Å². The Hall–Kier alpha value is -3.02. The normalized spacial score (nSPS) is 12.0. The van der Waals surface area contributed by atoms with Gasteiger partial charge in [-0.1, -0.05) is 18.2 Å². The van der Waals surface area contributed by atoms with Gasteiger partial charge in [0.2, 0.25) is 5.95 Å². The average Bonchev–Trinajstić information content (AvgIpc) is 3.14. The van der Waals surface area contributed by atoms with Crippen molar-refractivity contribution in [2.75, 3.05) is 9.44 Å². The van der Waals surface area contributed by atoms with E-state index in [1.165, 1.54) is 36.7 Å². The Morgan fingerprint density at radius 1 is 0.759 bits per heavy atom. The van der Waals surface area contributed by atoms with Gasteiger partial charge in [0.15, 0.2) is 0 Å². The Morgan fingerprint density at radius 3 is 2.14 bits per heavy atom. The lowest BCUT2D eigenvalue weighted by Crippen LogP contribution is -2.15. The fourth-order valence-electron chi connectivity index (χ4n) is 2.53. The Labute approximate surface area is 171 Å². The number of hydrogen-bond donors (Lipinski definition) is 2. The third kappa shape index (κ3) is 4.21. The van der Waals surface area contributed by atoms with Crippen LogP contribution in [0.5, 0.6) is 0 Å². The molecule has 0 bridgehead atoms. The Kier molecular flexibility index (Phi) is 4.94. The van der Waals surface area contributed by atoms with Crippen molar-refractivity contribution in [2.45, 2.75) is 9.10 Å². The molecule has 2 heterocycles. The minimum Gasteiger partial charge on any atom is -0.279 e. The predicted molar refractivity (Wildman–Crippen MR) is 112 cm³/mol. The fraction of sp³-hybridized carbons (Fsp3) is 0. The van der Waals surface area contributed by atoms with Gasteiger partial charge >= 0.3 is 0 Å². The second kappa shape index (κ2) is 7.43. The van der Waals surface area contributed by atoms with E-state index in [1.807, 2.05) is 24.3 Å². The molecule has 0 radical (unpaired) electrons. The summed E-state index contributed by atoms with van der Waals surface area (Å²) in [5.41, 5.74) is 0.248. The largest absolute Gasteiger partial charge is 0.279 e. The highest BCUT2D eigenvalue weighted by Crippen LogP contribution is 2.30. The predicted octanol–water partition coefficient (Wildman–Crippen LogP) is 3.29. The average molecular weight is 447 g/mol. The highest BCUT2D eigenvalue weighted by Gasteiger charge is 2.19. The van der Waals surface area contributed by atoms with Crippen LogP contribution < -0.4 is 9.44 Å². The van der Waals surface area contributed by atoms with E-state index in [-0.39, 0.29) is 20.7 Å². The van der Waals surface area contributed by atoms with Crippen LogP contribution in [0.1, 0.15) is 0 Å². The van der Waals surface area contributed by atoms with Crippen molar-refractivity contribution in [1.29, 1.82) is 0 Å². The molecule has 0 aliphatic heterocycles. The van der Waals surface area contributed by atoms with E-state index in [4.69, 9.17) is 0 Å². The number of rotatable bonds is 6. The molecule has 8 nitrogen and oxygen atoms in total. The quantitative estimate of drug-likeness (QED) is 0.469. The molecule has 0 aliphatic rings. The van der Waals surface area contributed by atoms with Gasteiger partial charge in [-0.25, -0.2) is 31.5 Å². The summed E-state index contributed by atoms with van der Waals surface area (Å²) in [5.74, 6) is -0.0537. The van der Waals surface area contributed by atoms with Gasteiger partial charge in [0.25, 0.3) is 20.0 Å². The van der Waals surface area contributed by atoms with Crippen LogP contribution >= 0.6 is 11.3 Å². The molecule has 4 aromatic rings. The molecule has 2 N–H and O–H groups in total. The summed E-state index contributed by atoms with van der Waals surface area (Å²) in [4.78, 5) is 7.58. The van der Waals surface area contributed by atoms with Crippen molar-refractivity contribution in [2.24, 2.45) is 0 Å². The molecular weight excluding hydrogens is 432 g/mol. The summed E-state index contributed by atoms with van der Waals surface area (Å²) in [6, 6.07) is 15.9. The number of sulfonamides is 2. The second-order valence-electron chi connectivity index (χ2n) is 5.91. The van der Waals surface area contributed by atoms with Crippen LogP contribution in [0.3, 0.4) is 0 Å². The van der Waals surface area contributed by atoms with E-state index in [1.54, 1.807) is 12.1 Å². The zero-order chi connectivity index (χ0) is 20.5. The molecule has 0 fully saturated rings. The second-order valence-corrected chi connectivity index (χ2v) is 10.6. The van der Waals surface area contributed by atoms with Gasteiger partial charge < -0.3 is 0 Å². The topological polar surface area (TPSA) is 118 Å². The molecule has 0 saturated heterocycles. The summed E-state index contributed by atoms with van der Waals surface area (Å²) in [6.45, 7) is 0. The Balaban J connectivity index is 1.54. The molecule has 0 saturated carbocycles. The molecule has 29 heavy (non-hydrogen) atoms. The number of thiophene rings is 1. The summed E-state index contributed by atoms with van der Waals surface area (Å²) < 4.78 is 55.8.